The van der Waals surface area contributed by atoms with Crippen molar-refractivity contribution in [2.75, 3.05) is 4.90 Å². The minimum absolute atomic E-state index is 0.0996. The molecule has 0 amide bonds. The molecule has 59 heavy (non-hydrogen) atoms. The van der Waals surface area contributed by atoms with Crippen molar-refractivity contribution in [3.63, 3.8) is 0 Å². The molecule has 2 unspecified atom stereocenters. The number of anilines is 2. The summed E-state index contributed by atoms with van der Waals surface area (Å²) in [6.45, 7) is 19.9. The van der Waals surface area contributed by atoms with Crippen LogP contribution in [0.3, 0.4) is 0 Å². The van der Waals surface area contributed by atoms with Gasteiger partial charge in [-0.25, -0.2) is 0 Å². The summed E-state index contributed by atoms with van der Waals surface area (Å²) in [4.78, 5) is 2.57. The van der Waals surface area contributed by atoms with E-state index in [1.165, 1.54) is 77.6 Å². The minimum atomic E-state index is 0.0996. The van der Waals surface area contributed by atoms with Crippen molar-refractivity contribution in [1.29, 1.82) is 0 Å². The third-order valence-electron chi connectivity index (χ3n) is 13.5. The van der Waals surface area contributed by atoms with Crippen molar-refractivity contribution < 1.29 is 0 Å². The summed E-state index contributed by atoms with van der Waals surface area (Å²) in [6, 6.07) is 47.9. The fraction of sp³-hybridized carbons (Fsp3) is 0.310. The average Bonchev–Trinajstić information content (AvgIpc) is 3.39. The lowest BCUT2D eigenvalue weighted by Crippen LogP contribution is -2.29. The number of rotatable bonds is 7. The zero-order valence-electron chi connectivity index (χ0n) is 37.2. The van der Waals surface area contributed by atoms with Gasteiger partial charge < -0.3 is 4.90 Å². The maximum absolute atomic E-state index is 2.57. The van der Waals surface area contributed by atoms with Gasteiger partial charge in [-0.05, 0) is 129 Å². The second-order valence-corrected chi connectivity index (χ2v) is 16.8. The van der Waals surface area contributed by atoms with E-state index in [2.05, 4.69) is 191 Å². The van der Waals surface area contributed by atoms with E-state index in [1.807, 2.05) is 27.7 Å². The molecule has 302 valence electrons. The molecule has 0 saturated heterocycles. The van der Waals surface area contributed by atoms with Crippen LogP contribution in [-0.4, -0.2) is 0 Å². The summed E-state index contributed by atoms with van der Waals surface area (Å²) in [6.07, 6.45) is 16.1. The van der Waals surface area contributed by atoms with Crippen LogP contribution in [0.15, 0.2) is 163 Å². The van der Waals surface area contributed by atoms with Crippen LogP contribution >= 0.6 is 0 Å². The van der Waals surface area contributed by atoms with Crippen molar-refractivity contribution in [3.05, 3.63) is 191 Å². The molecule has 3 aliphatic carbocycles. The third kappa shape index (κ3) is 7.55. The van der Waals surface area contributed by atoms with Gasteiger partial charge in [0, 0.05) is 22.2 Å². The number of hydrogen-bond acceptors (Lipinski definition) is 1. The van der Waals surface area contributed by atoms with Crippen LogP contribution in [0.4, 0.5) is 11.4 Å². The summed E-state index contributed by atoms with van der Waals surface area (Å²) >= 11 is 0. The molecule has 3 aliphatic rings. The normalized spacial score (nSPS) is 20.3. The van der Waals surface area contributed by atoms with E-state index in [-0.39, 0.29) is 10.8 Å². The Bertz CT molecular complexity index is 2560. The van der Waals surface area contributed by atoms with E-state index in [9.17, 15) is 0 Å². The molecular formula is C58H65N. The Labute approximate surface area is 355 Å². The molecule has 0 saturated carbocycles. The van der Waals surface area contributed by atoms with Crippen molar-refractivity contribution in [2.24, 2.45) is 5.92 Å². The Hall–Kier alpha value is -5.40. The molecule has 0 aliphatic heterocycles. The molecular weight excluding hydrogens is 711 g/mol. The Kier molecular flexibility index (Phi) is 12.6. The SMILES string of the molecule is CC.CC.CC/C=C1\C/C(=C\Cc2ccc(N(C3=CC=C4c5ccccc5C(C)(C)C4CC3)c3cc4ccccc4c4ccccc34)cc2)c2ccccc2C1(C)CC. The first-order valence-corrected chi connectivity index (χ1v) is 22.6. The molecule has 1 heteroatoms. The second kappa shape index (κ2) is 17.8. The summed E-state index contributed by atoms with van der Waals surface area (Å²) in [5.74, 6) is 0.483. The van der Waals surface area contributed by atoms with Crippen LogP contribution in [0, 0.1) is 5.92 Å². The standard InChI is InChI=1S/C54H53N.2C2H6/c1-6-16-40-35-39(44-19-12-15-24-51(44)54(40,5)7-2)28-25-37-26-29-41(30-27-37)55(52-36-38-17-8-9-18-43(38)45-20-10-11-22-48(45)52)42-31-33-47-46-21-13-14-23-49(46)53(3,4)50(47)34-32-42;2*1-2/h8-24,26-31,33,36,50H,6-7,25,32,34-35H2,1-5H3;2*1-2H3/b39-28+,40-16+;;. The number of hydrogen-bond donors (Lipinski definition) is 0. The smallest absolute Gasteiger partial charge is 0.0543 e. The third-order valence-corrected chi connectivity index (χ3v) is 13.5. The molecule has 6 aromatic rings. The molecule has 0 fully saturated rings. The van der Waals surface area contributed by atoms with Crippen molar-refractivity contribution in [3.8, 4) is 0 Å². The topological polar surface area (TPSA) is 3.24 Å². The molecule has 1 nitrogen and oxygen atoms in total. The maximum atomic E-state index is 2.57. The van der Waals surface area contributed by atoms with E-state index in [0.29, 0.717) is 5.92 Å². The van der Waals surface area contributed by atoms with Crippen LogP contribution < -0.4 is 4.90 Å². The lowest BCUT2D eigenvalue weighted by Gasteiger charge is -2.39. The van der Waals surface area contributed by atoms with Gasteiger partial charge >= 0.3 is 0 Å². The maximum Gasteiger partial charge on any atom is 0.0543 e. The monoisotopic (exact) mass is 776 g/mol. The highest BCUT2D eigenvalue weighted by atomic mass is 15.1. The van der Waals surface area contributed by atoms with Crippen LogP contribution in [0.25, 0.3) is 32.7 Å². The number of nitrogens with zero attached hydrogens (tertiary/aromatic N) is 1. The van der Waals surface area contributed by atoms with Gasteiger partial charge in [-0.2, -0.15) is 0 Å². The fourth-order valence-corrected chi connectivity index (χ4v) is 10.3. The lowest BCUT2D eigenvalue weighted by molar-refractivity contribution is 0.391. The van der Waals surface area contributed by atoms with Gasteiger partial charge in [-0.3, -0.25) is 0 Å². The summed E-state index contributed by atoms with van der Waals surface area (Å²) in [5.41, 5.74) is 15.7. The van der Waals surface area contributed by atoms with Crippen LogP contribution in [0.1, 0.15) is 122 Å². The second-order valence-electron chi connectivity index (χ2n) is 16.8. The molecule has 0 radical (unpaired) electrons. The largest absolute Gasteiger partial charge is 0.314 e. The predicted octanol–water partition coefficient (Wildman–Crippen LogP) is 16.9. The van der Waals surface area contributed by atoms with Crippen molar-refractivity contribution >= 4 is 44.1 Å². The van der Waals surface area contributed by atoms with E-state index in [0.717, 1.165) is 38.5 Å². The van der Waals surface area contributed by atoms with Gasteiger partial charge in [0.15, 0.2) is 0 Å². The first kappa shape index (κ1) is 41.7. The summed E-state index contributed by atoms with van der Waals surface area (Å²) in [5, 5.41) is 5.15. The molecule has 2 atom stereocenters. The summed E-state index contributed by atoms with van der Waals surface area (Å²) in [7, 11) is 0. The first-order chi connectivity index (χ1) is 28.8. The van der Waals surface area contributed by atoms with Gasteiger partial charge in [-0.1, -0.05) is 195 Å². The molecule has 0 N–H and O–H groups in total. The van der Waals surface area contributed by atoms with E-state index in [1.54, 1.807) is 5.57 Å². The van der Waals surface area contributed by atoms with Crippen LogP contribution in [0.2, 0.25) is 0 Å². The zero-order valence-corrected chi connectivity index (χ0v) is 37.2. The van der Waals surface area contributed by atoms with Gasteiger partial charge in [0.05, 0.1) is 5.69 Å². The Morgan fingerprint density at radius 2 is 1.27 bits per heavy atom. The molecule has 6 aromatic carbocycles. The Morgan fingerprint density at radius 1 is 0.644 bits per heavy atom. The lowest BCUT2D eigenvalue weighted by atomic mass is 9.64. The Balaban J connectivity index is 0.00000128. The van der Waals surface area contributed by atoms with Crippen molar-refractivity contribution in [1.82, 2.24) is 0 Å². The average molecular weight is 776 g/mol. The summed E-state index contributed by atoms with van der Waals surface area (Å²) < 4.78 is 0. The number of fused-ring (bicyclic) bond motifs is 7. The van der Waals surface area contributed by atoms with Gasteiger partial charge in [0.2, 0.25) is 0 Å². The highest BCUT2D eigenvalue weighted by Crippen LogP contribution is 2.54. The quantitative estimate of drug-likeness (QED) is 0.115. The zero-order chi connectivity index (χ0) is 41.7. The van der Waals surface area contributed by atoms with Gasteiger partial charge in [0.1, 0.15) is 0 Å². The highest BCUT2D eigenvalue weighted by Gasteiger charge is 2.43. The fourth-order valence-electron chi connectivity index (χ4n) is 10.3. The molecule has 0 spiro atoms. The number of benzene rings is 6. The van der Waals surface area contributed by atoms with E-state index < -0.39 is 0 Å². The molecule has 0 bridgehead atoms. The Morgan fingerprint density at radius 3 is 1.98 bits per heavy atom. The molecule has 9 rings (SSSR count). The predicted molar refractivity (Wildman–Crippen MR) is 260 cm³/mol. The first-order valence-electron chi connectivity index (χ1n) is 22.6. The van der Waals surface area contributed by atoms with Gasteiger partial charge in [0.25, 0.3) is 0 Å². The highest BCUT2D eigenvalue weighted by molar-refractivity contribution is 6.14. The molecule has 0 heterocycles. The minimum Gasteiger partial charge on any atom is -0.314 e. The van der Waals surface area contributed by atoms with Crippen LogP contribution in [-0.2, 0) is 17.3 Å². The van der Waals surface area contributed by atoms with Crippen molar-refractivity contribution in [2.45, 2.75) is 112 Å². The molecule has 0 aromatic heterocycles. The van der Waals surface area contributed by atoms with Crippen LogP contribution in [0.5, 0.6) is 0 Å². The van der Waals surface area contributed by atoms with E-state index in [4.69, 9.17) is 0 Å². The van der Waals surface area contributed by atoms with Gasteiger partial charge in [-0.15, -0.1) is 0 Å². The number of allylic oxidation sites excluding steroid dienone is 8. The van der Waals surface area contributed by atoms with E-state index >= 15 is 0 Å².